The zero-order valence-electron chi connectivity index (χ0n) is 23.7. The van der Waals surface area contributed by atoms with Crippen LogP contribution < -0.4 is 11.1 Å². The number of halogens is 1. The standard InChI is InChI=1S/C31H40FN5O4/c1-20(26-14-34-27-11-4-3-10-25(26)27)29(31(39)36(2)17-28-40-18-24(33)19-41-28)35-30(38)22-8-6-12-37(16-22)15-21-7-5-9-23(32)13-21/h3-5,7,9-11,13-14,20,22,24,28-29,34H,6,8,12,15-19,33H2,1-2H3,(H,35,38). The van der Waals surface area contributed by atoms with E-state index in [4.69, 9.17) is 15.2 Å². The summed E-state index contributed by atoms with van der Waals surface area (Å²) in [6.07, 6.45) is 2.92. The Kier molecular flexibility index (Phi) is 9.34. The lowest BCUT2D eigenvalue weighted by atomic mass is 9.90. The van der Waals surface area contributed by atoms with Crippen LogP contribution in [0, 0.1) is 11.7 Å². The van der Waals surface area contributed by atoms with E-state index in [0.717, 1.165) is 41.4 Å². The molecule has 4 N–H and O–H groups in total. The van der Waals surface area contributed by atoms with Gasteiger partial charge in [0.05, 0.1) is 31.7 Å². The van der Waals surface area contributed by atoms with Gasteiger partial charge in [-0.1, -0.05) is 37.3 Å². The first-order valence-corrected chi connectivity index (χ1v) is 14.4. The molecule has 0 spiro atoms. The minimum Gasteiger partial charge on any atom is -0.361 e. The quantitative estimate of drug-likeness (QED) is 0.368. The Morgan fingerprint density at radius 2 is 1.98 bits per heavy atom. The maximum Gasteiger partial charge on any atom is 0.245 e. The third kappa shape index (κ3) is 7.13. The Morgan fingerprint density at radius 3 is 2.76 bits per heavy atom. The summed E-state index contributed by atoms with van der Waals surface area (Å²) in [5.74, 6) is -1.22. The number of aromatic amines is 1. The molecule has 2 aliphatic rings. The first kappa shape index (κ1) is 29.2. The number of hydrogen-bond acceptors (Lipinski definition) is 6. The van der Waals surface area contributed by atoms with E-state index in [1.807, 2.05) is 43.5 Å². The van der Waals surface area contributed by atoms with Crippen molar-refractivity contribution in [3.63, 3.8) is 0 Å². The van der Waals surface area contributed by atoms with E-state index in [9.17, 15) is 14.0 Å². The van der Waals surface area contributed by atoms with Crippen LogP contribution in [0.5, 0.6) is 0 Å². The summed E-state index contributed by atoms with van der Waals surface area (Å²) in [6.45, 7) is 4.88. The predicted octanol–water partition coefficient (Wildman–Crippen LogP) is 2.97. The number of likely N-dealkylation sites (N-methyl/N-ethyl adjacent to an activating group) is 1. The van der Waals surface area contributed by atoms with Crippen LogP contribution in [0.1, 0.15) is 36.8 Å². The molecular weight excluding hydrogens is 525 g/mol. The maximum absolute atomic E-state index is 13.9. The second-order valence-corrected chi connectivity index (χ2v) is 11.3. The molecule has 3 unspecified atom stereocenters. The maximum atomic E-state index is 13.9. The zero-order valence-corrected chi connectivity index (χ0v) is 23.7. The van der Waals surface area contributed by atoms with Gasteiger partial charge in [-0.15, -0.1) is 0 Å². The topological polar surface area (TPSA) is 113 Å². The molecule has 0 saturated carbocycles. The van der Waals surface area contributed by atoms with E-state index in [-0.39, 0.29) is 42.1 Å². The van der Waals surface area contributed by atoms with Crippen molar-refractivity contribution in [1.29, 1.82) is 0 Å². The summed E-state index contributed by atoms with van der Waals surface area (Å²) in [4.78, 5) is 34.7. The molecule has 1 aromatic heterocycles. The van der Waals surface area contributed by atoms with E-state index in [0.29, 0.717) is 26.3 Å². The molecule has 10 heteroatoms. The lowest BCUT2D eigenvalue weighted by Crippen LogP contribution is -2.55. The molecule has 2 saturated heterocycles. The summed E-state index contributed by atoms with van der Waals surface area (Å²) >= 11 is 0. The second-order valence-electron chi connectivity index (χ2n) is 11.3. The number of carbonyl (C=O) groups excluding carboxylic acids is 2. The van der Waals surface area contributed by atoms with Crippen LogP contribution in [-0.2, 0) is 25.6 Å². The highest BCUT2D eigenvalue weighted by atomic mass is 19.1. The number of ether oxygens (including phenoxy) is 2. The van der Waals surface area contributed by atoms with Crippen molar-refractivity contribution in [2.45, 2.75) is 50.6 Å². The number of fused-ring (bicyclic) bond motifs is 1. The van der Waals surface area contributed by atoms with Gasteiger partial charge in [0.2, 0.25) is 11.8 Å². The minimum absolute atomic E-state index is 0.150. The van der Waals surface area contributed by atoms with Gasteiger partial charge < -0.3 is 30.4 Å². The highest BCUT2D eigenvalue weighted by molar-refractivity contribution is 5.91. The molecule has 220 valence electrons. The number of likely N-dealkylation sites (tertiary alicyclic amines) is 1. The van der Waals surface area contributed by atoms with Crippen LogP contribution >= 0.6 is 0 Å². The number of nitrogens with zero attached hydrogens (tertiary/aromatic N) is 2. The number of H-pyrrole nitrogens is 1. The van der Waals surface area contributed by atoms with E-state index >= 15 is 0 Å². The molecular formula is C31H40FN5O4. The average molecular weight is 566 g/mol. The first-order chi connectivity index (χ1) is 19.8. The van der Waals surface area contributed by atoms with Gasteiger partial charge in [0.15, 0.2) is 6.29 Å². The van der Waals surface area contributed by atoms with Gasteiger partial charge in [-0.05, 0) is 48.7 Å². The fourth-order valence-electron chi connectivity index (χ4n) is 5.84. The smallest absolute Gasteiger partial charge is 0.245 e. The fourth-order valence-corrected chi connectivity index (χ4v) is 5.84. The largest absolute Gasteiger partial charge is 0.361 e. The molecule has 2 aliphatic heterocycles. The van der Waals surface area contributed by atoms with E-state index in [2.05, 4.69) is 15.2 Å². The van der Waals surface area contributed by atoms with Crippen molar-refractivity contribution in [3.8, 4) is 0 Å². The highest BCUT2D eigenvalue weighted by Gasteiger charge is 2.36. The molecule has 2 amide bonds. The lowest BCUT2D eigenvalue weighted by molar-refractivity contribution is -0.193. The average Bonchev–Trinajstić information content (AvgIpc) is 3.41. The Labute approximate surface area is 240 Å². The van der Waals surface area contributed by atoms with Gasteiger partial charge in [0.25, 0.3) is 0 Å². The van der Waals surface area contributed by atoms with Crippen molar-refractivity contribution < 1.29 is 23.5 Å². The predicted molar refractivity (Wildman–Crippen MR) is 154 cm³/mol. The summed E-state index contributed by atoms with van der Waals surface area (Å²) in [6, 6.07) is 13.5. The molecule has 2 fully saturated rings. The van der Waals surface area contributed by atoms with Crippen LogP contribution in [0.3, 0.4) is 0 Å². The summed E-state index contributed by atoms with van der Waals surface area (Å²) < 4.78 is 25.0. The van der Waals surface area contributed by atoms with Crippen molar-refractivity contribution in [2.75, 3.05) is 39.9 Å². The van der Waals surface area contributed by atoms with Crippen LogP contribution in [-0.4, -0.2) is 84.9 Å². The Hall–Kier alpha value is -3.31. The van der Waals surface area contributed by atoms with Gasteiger partial charge in [-0.2, -0.15) is 0 Å². The van der Waals surface area contributed by atoms with E-state index < -0.39 is 12.3 Å². The number of carbonyl (C=O) groups is 2. The third-order valence-electron chi connectivity index (χ3n) is 8.14. The molecule has 5 rings (SSSR count). The molecule has 2 aromatic carbocycles. The molecule has 9 nitrogen and oxygen atoms in total. The number of nitrogens with two attached hydrogens (primary N) is 1. The highest BCUT2D eigenvalue weighted by Crippen LogP contribution is 2.29. The first-order valence-electron chi connectivity index (χ1n) is 14.4. The molecule has 0 bridgehead atoms. The fraction of sp³-hybridized carbons (Fsp3) is 0.484. The van der Waals surface area contributed by atoms with E-state index in [1.54, 1.807) is 18.0 Å². The lowest BCUT2D eigenvalue weighted by Gasteiger charge is -2.35. The van der Waals surface area contributed by atoms with E-state index in [1.165, 1.54) is 12.1 Å². The molecule has 41 heavy (non-hydrogen) atoms. The molecule has 0 radical (unpaired) electrons. The normalized spacial score (nSPS) is 23.2. The number of benzene rings is 2. The Morgan fingerprint density at radius 1 is 1.20 bits per heavy atom. The number of para-hydroxylation sites is 1. The van der Waals surface area contributed by atoms with Gasteiger partial charge in [-0.3, -0.25) is 14.5 Å². The summed E-state index contributed by atoms with van der Waals surface area (Å²) in [5.41, 5.74) is 8.67. The number of piperidine rings is 1. The van der Waals surface area contributed by atoms with Gasteiger partial charge >= 0.3 is 0 Å². The number of hydrogen-bond donors (Lipinski definition) is 3. The number of amides is 2. The van der Waals surface area contributed by atoms with Crippen LogP contribution in [0.25, 0.3) is 10.9 Å². The van der Waals surface area contributed by atoms with Gasteiger partial charge in [0.1, 0.15) is 11.9 Å². The van der Waals surface area contributed by atoms with Crippen molar-refractivity contribution >= 4 is 22.7 Å². The van der Waals surface area contributed by atoms with Gasteiger partial charge in [0, 0.05) is 43.2 Å². The Bertz CT molecular complexity index is 1340. The molecule has 3 atom stereocenters. The van der Waals surface area contributed by atoms with Crippen molar-refractivity contribution in [2.24, 2.45) is 11.7 Å². The minimum atomic E-state index is -0.795. The Balaban J connectivity index is 1.31. The second kappa shape index (κ2) is 13.1. The number of rotatable bonds is 9. The third-order valence-corrected chi connectivity index (χ3v) is 8.14. The zero-order chi connectivity index (χ0) is 28.9. The van der Waals surface area contributed by atoms with Crippen LogP contribution in [0.2, 0.25) is 0 Å². The van der Waals surface area contributed by atoms with Crippen molar-refractivity contribution in [3.05, 3.63) is 71.7 Å². The SMILES string of the molecule is CC(c1c[nH]c2ccccc12)C(NC(=O)C1CCCN(Cc2cccc(F)c2)C1)C(=O)N(C)CC1OCC(N)CO1. The molecule has 3 aromatic rings. The van der Waals surface area contributed by atoms with Crippen molar-refractivity contribution in [1.82, 2.24) is 20.1 Å². The van der Waals surface area contributed by atoms with Crippen LogP contribution in [0.15, 0.2) is 54.7 Å². The molecule has 3 heterocycles. The number of aromatic nitrogens is 1. The summed E-state index contributed by atoms with van der Waals surface area (Å²) in [7, 11) is 1.70. The van der Waals surface area contributed by atoms with Gasteiger partial charge in [-0.25, -0.2) is 4.39 Å². The molecule has 0 aliphatic carbocycles. The monoisotopic (exact) mass is 565 g/mol. The summed E-state index contributed by atoms with van der Waals surface area (Å²) in [5, 5.41) is 4.14. The van der Waals surface area contributed by atoms with Crippen LogP contribution in [0.4, 0.5) is 4.39 Å². The number of nitrogens with one attached hydrogen (secondary N) is 2.